The number of alkyl carbamates (subject to hydrolysis) is 2. The van der Waals surface area contributed by atoms with E-state index in [2.05, 4.69) is 32.7 Å². The molecule has 0 aliphatic heterocycles. The smallest absolute Gasteiger partial charge is 0.409 e. The summed E-state index contributed by atoms with van der Waals surface area (Å²) in [4.78, 5) is 53.2. The first-order valence-corrected chi connectivity index (χ1v) is 17.1. The average molecular weight is 715 g/mol. The van der Waals surface area contributed by atoms with Gasteiger partial charge in [-0.05, 0) is 46.6 Å². The maximum atomic E-state index is 14.4. The largest absolute Gasteiger partial charge is 0.453 e. The van der Waals surface area contributed by atoms with Gasteiger partial charge in [-0.2, -0.15) is 5.26 Å². The number of hydrogen-bond donors (Lipinski definition) is 6. The van der Waals surface area contributed by atoms with Crippen molar-refractivity contribution >= 4 is 24.0 Å². The summed E-state index contributed by atoms with van der Waals surface area (Å²) in [6, 6.07) is 25.5. The van der Waals surface area contributed by atoms with Crippen molar-refractivity contribution in [3.63, 3.8) is 0 Å². The van der Waals surface area contributed by atoms with Gasteiger partial charge in [0.1, 0.15) is 6.04 Å². The summed E-state index contributed by atoms with van der Waals surface area (Å²) in [7, 11) is 2.27. The van der Waals surface area contributed by atoms with Gasteiger partial charge >= 0.3 is 12.2 Å². The molecule has 0 aliphatic carbocycles. The van der Waals surface area contributed by atoms with Crippen LogP contribution in [-0.2, 0) is 32.0 Å². The Kier molecular flexibility index (Phi) is 15.2. The van der Waals surface area contributed by atoms with Gasteiger partial charge in [0.05, 0.1) is 32.5 Å². The molecule has 6 N–H and O–H groups in total. The number of rotatable bonds is 16. The fourth-order valence-corrected chi connectivity index (χ4v) is 5.62. The molecule has 13 heteroatoms. The number of hydrogen-bond acceptors (Lipinski definition) is 9. The minimum absolute atomic E-state index is 0.307. The zero-order valence-electron chi connectivity index (χ0n) is 30.6. The summed E-state index contributed by atoms with van der Waals surface area (Å²) < 4.78 is 9.55. The highest BCUT2D eigenvalue weighted by atomic mass is 16.5. The minimum atomic E-state index is -2.19. The Hall–Kier alpha value is -5.45. The number of amides is 4. The van der Waals surface area contributed by atoms with Crippen LogP contribution >= 0.6 is 0 Å². The number of ether oxygens (including phenoxy) is 2. The molecular weight excluding hydrogens is 664 g/mol. The third kappa shape index (κ3) is 11.3. The fourth-order valence-electron chi connectivity index (χ4n) is 5.62. The topological polar surface area (TPSA) is 191 Å². The molecule has 4 amide bonds. The van der Waals surface area contributed by atoms with E-state index in [1.165, 1.54) is 6.92 Å². The average Bonchev–Trinajstić information content (AvgIpc) is 3.14. The lowest BCUT2D eigenvalue weighted by Crippen LogP contribution is -2.75. The Balaban J connectivity index is 1.89. The zero-order chi connectivity index (χ0) is 38.3. The van der Waals surface area contributed by atoms with Gasteiger partial charge in [-0.1, -0.05) is 100 Å². The van der Waals surface area contributed by atoms with Gasteiger partial charge in [0.15, 0.2) is 0 Å². The van der Waals surface area contributed by atoms with Crippen LogP contribution in [-0.4, -0.2) is 74.2 Å². The van der Waals surface area contributed by atoms with Crippen molar-refractivity contribution in [1.82, 2.24) is 26.6 Å². The van der Waals surface area contributed by atoms with E-state index in [1.807, 2.05) is 72.8 Å². The summed E-state index contributed by atoms with van der Waals surface area (Å²) in [6.07, 6.45) is -0.801. The van der Waals surface area contributed by atoms with Crippen molar-refractivity contribution in [3.8, 4) is 17.2 Å². The van der Waals surface area contributed by atoms with Crippen molar-refractivity contribution in [3.05, 3.63) is 95.6 Å². The van der Waals surface area contributed by atoms with Gasteiger partial charge in [0.2, 0.25) is 11.6 Å². The maximum absolute atomic E-state index is 14.4. The van der Waals surface area contributed by atoms with Gasteiger partial charge in [-0.25, -0.2) is 9.59 Å². The molecule has 0 heterocycles. The number of nitrogens with one attached hydrogen (secondary N) is 5. The van der Waals surface area contributed by atoms with E-state index in [0.717, 1.165) is 36.5 Å². The summed E-state index contributed by atoms with van der Waals surface area (Å²) in [6.45, 7) is 6.78. The number of aryl methyl sites for hydroxylation is 1. The Labute approximate surface area is 305 Å². The lowest BCUT2D eigenvalue weighted by atomic mass is 9.84. The van der Waals surface area contributed by atoms with Crippen LogP contribution in [0.25, 0.3) is 11.1 Å². The predicted octanol–water partition coefficient (Wildman–Crippen LogP) is 4.00. The van der Waals surface area contributed by atoms with Crippen LogP contribution in [0.4, 0.5) is 9.59 Å². The van der Waals surface area contributed by atoms with Crippen LogP contribution in [0, 0.1) is 22.7 Å². The van der Waals surface area contributed by atoms with Gasteiger partial charge in [0, 0.05) is 25.0 Å². The van der Waals surface area contributed by atoms with Gasteiger partial charge in [0.25, 0.3) is 5.91 Å². The predicted molar refractivity (Wildman–Crippen MR) is 196 cm³/mol. The Morgan fingerprint density at radius 2 is 1.46 bits per heavy atom. The van der Waals surface area contributed by atoms with Gasteiger partial charge in [-0.3, -0.25) is 14.9 Å². The van der Waals surface area contributed by atoms with Crippen LogP contribution < -0.4 is 26.6 Å². The molecule has 0 spiro atoms. The fraction of sp³-hybridized carbons (Fsp3) is 0.410. The minimum Gasteiger partial charge on any atom is -0.453 e. The van der Waals surface area contributed by atoms with Crippen molar-refractivity contribution in [2.45, 2.75) is 64.8 Å². The van der Waals surface area contributed by atoms with Crippen LogP contribution in [0.1, 0.15) is 50.8 Å². The number of aliphatic hydroxyl groups excluding tert-OH is 1. The van der Waals surface area contributed by atoms with E-state index in [4.69, 9.17) is 9.47 Å². The van der Waals surface area contributed by atoms with E-state index in [-0.39, 0.29) is 0 Å². The Morgan fingerprint density at radius 3 is 2.06 bits per heavy atom. The van der Waals surface area contributed by atoms with Crippen LogP contribution in [0.3, 0.4) is 0 Å². The van der Waals surface area contributed by atoms with Gasteiger partial charge < -0.3 is 35.8 Å². The van der Waals surface area contributed by atoms with Gasteiger partial charge in [-0.15, -0.1) is 0 Å². The van der Waals surface area contributed by atoms with E-state index < -0.39 is 59.7 Å². The molecule has 3 rings (SSSR count). The van der Waals surface area contributed by atoms with E-state index in [1.54, 1.807) is 26.8 Å². The van der Waals surface area contributed by atoms with Crippen LogP contribution in [0.5, 0.6) is 0 Å². The summed E-state index contributed by atoms with van der Waals surface area (Å²) >= 11 is 0. The number of nitriles is 1. The lowest BCUT2D eigenvalue weighted by molar-refractivity contribution is -0.140. The maximum Gasteiger partial charge on any atom is 0.409 e. The van der Waals surface area contributed by atoms with Crippen molar-refractivity contribution in [2.24, 2.45) is 11.3 Å². The molecule has 3 aromatic carbocycles. The van der Waals surface area contributed by atoms with Crippen molar-refractivity contribution in [2.75, 3.05) is 27.4 Å². The molecule has 278 valence electrons. The second-order valence-corrected chi connectivity index (χ2v) is 13.6. The quantitative estimate of drug-likeness (QED) is 0.119. The highest BCUT2D eigenvalue weighted by molar-refractivity contribution is 5.96. The van der Waals surface area contributed by atoms with Crippen molar-refractivity contribution < 1.29 is 33.8 Å². The number of nitrogens with zero attached hydrogens (tertiary/aromatic N) is 1. The summed E-state index contributed by atoms with van der Waals surface area (Å²) in [5, 5.41) is 33.8. The molecule has 0 radical (unpaired) electrons. The van der Waals surface area contributed by atoms with E-state index in [9.17, 15) is 29.5 Å². The monoisotopic (exact) mass is 714 g/mol. The molecule has 0 aromatic heterocycles. The molecule has 0 bridgehead atoms. The second kappa shape index (κ2) is 19.2. The SMILES string of the molecule is COC(=O)N[C@H](C(=O)N[C@@](NC(=O)OC)(C(=O)N[C@@H](CCc1ccccc1)CNCc1ccc(-c2ccccc2C#N)cc1)C(C)CO)C(C)(C)C. The third-order valence-corrected chi connectivity index (χ3v) is 8.74. The first-order chi connectivity index (χ1) is 24.8. The molecule has 1 unspecified atom stereocenters. The Morgan fingerprint density at radius 1 is 0.827 bits per heavy atom. The van der Waals surface area contributed by atoms with Crippen molar-refractivity contribution in [1.29, 1.82) is 5.26 Å². The summed E-state index contributed by atoms with van der Waals surface area (Å²) in [5.41, 5.74) is 1.32. The number of aliphatic hydroxyl groups is 1. The highest BCUT2D eigenvalue weighted by Crippen LogP contribution is 2.25. The molecule has 13 nitrogen and oxygen atoms in total. The standard InChI is InChI=1S/C39H50N6O7/c1-26(25-46)39(45-37(50)52-6,44-34(47)33(38(2,3)4)43-36(49)51-5)35(48)42-31(21-18-27-12-8-7-9-13-27)24-41-23-28-16-19-29(20-17-28)32-15-11-10-14-30(32)22-40/h7-17,19-20,26,31,33,41,46H,18,21,23-25H2,1-6H3,(H,42,48)(H,43,49)(H,44,47)(H,45,50)/t26?,31-,33+,39-/m0/s1. The molecule has 0 fully saturated rings. The number of carbonyl (C=O) groups is 4. The summed E-state index contributed by atoms with van der Waals surface area (Å²) in [5.74, 6) is -2.65. The lowest BCUT2D eigenvalue weighted by Gasteiger charge is -2.41. The number of benzene rings is 3. The van der Waals surface area contributed by atoms with E-state index >= 15 is 0 Å². The first kappa shape index (κ1) is 41.0. The first-order valence-electron chi connectivity index (χ1n) is 17.1. The molecular formula is C39H50N6O7. The Bertz CT molecular complexity index is 1690. The molecule has 0 aliphatic rings. The second-order valence-electron chi connectivity index (χ2n) is 13.6. The third-order valence-electron chi connectivity index (χ3n) is 8.74. The molecule has 4 atom stereocenters. The van der Waals surface area contributed by atoms with E-state index in [0.29, 0.717) is 31.5 Å². The van der Waals surface area contributed by atoms with Crippen LogP contribution in [0.2, 0.25) is 0 Å². The molecule has 0 saturated heterocycles. The normalized spacial score (nSPS) is 14.0. The molecule has 52 heavy (non-hydrogen) atoms. The van der Waals surface area contributed by atoms with Crippen LogP contribution in [0.15, 0.2) is 78.9 Å². The number of methoxy groups -OCH3 is 2. The molecule has 3 aromatic rings. The zero-order valence-corrected chi connectivity index (χ0v) is 30.6. The molecule has 0 saturated carbocycles. The highest BCUT2D eigenvalue weighted by Gasteiger charge is 2.49. The number of carbonyl (C=O) groups excluding carboxylic acids is 4.